The van der Waals surface area contributed by atoms with Crippen molar-refractivity contribution >= 4 is 32.5 Å². The molecule has 1 aromatic heterocycles. The third kappa shape index (κ3) is 7.32. The van der Waals surface area contributed by atoms with E-state index in [1.807, 2.05) is 7.05 Å². The van der Waals surface area contributed by atoms with E-state index >= 15 is 0 Å². The number of fused-ring (bicyclic) bond motifs is 1. The monoisotopic (exact) mass is 609 g/mol. The molecular weight excluding hydrogens is 578 g/mol. The minimum Gasteiger partial charge on any atom is -0.494 e. The molecule has 2 aromatic carbocycles. The SMILES string of the molecule is COc1cc(F)c(S(C)(=O)=O)cc1NCC#Cc1cc(C(=O)N[C@H]2CCN(C)[C@@H](C)C2)c2ncn(CC(F)(F)F)c2c1. The van der Waals surface area contributed by atoms with Crippen molar-refractivity contribution in [2.24, 2.45) is 0 Å². The van der Waals surface area contributed by atoms with Gasteiger partial charge in [-0.3, -0.25) is 4.79 Å². The Bertz CT molecular complexity index is 1660. The number of halogens is 4. The van der Waals surface area contributed by atoms with Gasteiger partial charge in [0.25, 0.3) is 5.91 Å². The van der Waals surface area contributed by atoms with Crippen molar-refractivity contribution < 1.29 is 35.5 Å². The molecule has 0 aliphatic carbocycles. The molecule has 9 nitrogen and oxygen atoms in total. The molecule has 0 unspecified atom stereocenters. The first-order chi connectivity index (χ1) is 19.7. The fourth-order valence-corrected chi connectivity index (χ4v) is 5.57. The number of carbonyl (C=O) groups is 1. The molecule has 0 radical (unpaired) electrons. The minimum atomic E-state index is -4.51. The third-order valence-corrected chi connectivity index (χ3v) is 8.23. The van der Waals surface area contributed by atoms with Gasteiger partial charge in [0, 0.05) is 36.5 Å². The number of nitrogens with one attached hydrogen (secondary N) is 2. The third-order valence-electron chi connectivity index (χ3n) is 7.12. The second kappa shape index (κ2) is 12.2. The molecule has 1 aliphatic rings. The number of likely N-dealkylation sites (tertiary alicyclic amines) is 1. The molecule has 3 aromatic rings. The number of hydrogen-bond acceptors (Lipinski definition) is 7. The number of amides is 1. The van der Waals surface area contributed by atoms with Crippen LogP contribution in [0.4, 0.5) is 23.2 Å². The Balaban J connectivity index is 1.63. The molecular formula is C28H31F4N5O4S. The number of benzene rings is 2. The lowest BCUT2D eigenvalue weighted by atomic mass is 9.98. The van der Waals surface area contributed by atoms with Gasteiger partial charge in [-0.15, -0.1) is 0 Å². The van der Waals surface area contributed by atoms with Gasteiger partial charge < -0.3 is 24.8 Å². The number of piperidine rings is 1. The molecule has 0 spiro atoms. The number of ether oxygens (including phenoxy) is 1. The number of alkyl halides is 3. The highest BCUT2D eigenvalue weighted by Crippen LogP contribution is 2.30. The van der Waals surface area contributed by atoms with E-state index in [4.69, 9.17) is 4.74 Å². The second-order valence-electron chi connectivity index (χ2n) is 10.3. The van der Waals surface area contributed by atoms with Crippen LogP contribution in [0.15, 0.2) is 35.5 Å². The van der Waals surface area contributed by atoms with Gasteiger partial charge in [-0.25, -0.2) is 17.8 Å². The first-order valence-corrected chi connectivity index (χ1v) is 14.9. The Labute approximate surface area is 241 Å². The molecule has 1 saturated heterocycles. The van der Waals surface area contributed by atoms with Gasteiger partial charge >= 0.3 is 6.18 Å². The summed E-state index contributed by atoms with van der Waals surface area (Å²) < 4.78 is 83.8. The average Bonchev–Trinajstić information content (AvgIpc) is 3.28. The van der Waals surface area contributed by atoms with E-state index < -0.39 is 39.2 Å². The number of aromatic nitrogens is 2. The quantitative estimate of drug-likeness (QED) is 0.310. The summed E-state index contributed by atoms with van der Waals surface area (Å²) in [6.07, 6.45) is -1.12. The molecule has 2 heterocycles. The van der Waals surface area contributed by atoms with Gasteiger partial charge in [0.15, 0.2) is 9.84 Å². The molecule has 4 rings (SSSR count). The van der Waals surface area contributed by atoms with Gasteiger partial charge in [0.2, 0.25) is 0 Å². The van der Waals surface area contributed by atoms with Crippen molar-refractivity contribution in [2.75, 3.05) is 38.8 Å². The molecule has 1 aliphatic heterocycles. The summed E-state index contributed by atoms with van der Waals surface area (Å²) in [5.74, 6) is 4.29. The van der Waals surface area contributed by atoms with Crippen LogP contribution in [-0.4, -0.2) is 80.5 Å². The van der Waals surface area contributed by atoms with Crippen molar-refractivity contribution in [2.45, 2.75) is 49.5 Å². The fourth-order valence-electron chi connectivity index (χ4n) is 4.82. The van der Waals surface area contributed by atoms with Crippen LogP contribution in [0.25, 0.3) is 11.0 Å². The zero-order valence-corrected chi connectivity index (χ0v) is 24.3. The lowest BCUT2D eigenvalue weighted by Crippen LogP contribution is -2.47. The van der Waals surface area contributed by atoms with Crippen molar-refractivity contribution in [1.82, 2.24) is 19.8 Å². The van der Waals surface area contributed by atoms with Gasteiger partial charge in [0.1, 0.15) is 28.5 Å². The van der Waals surface area contributed by atoms with E-state index in [1.165, 1.54) is 19.2 Å². The largest absolute Gasteiger partial charge is 0.494 e. The molecule has 14 heteroatoms. The molecule has 2 atom stereocenters. The van der Waals surface area contributed by atoms with E-state index in [9.17, 15) is 30.8 Å². The number of methoxy groups -OCH3 is 1. The number of nitrogens with zero attached hydrogens (tertiary/aromatic N) is 3. The normalized spacial score (nSPS) is 17.9. The van der Waals surface area contributed by atoms with Gasteiger partial charge in [-0.1, -0.05) is 11.8 Å². The topological polar surface area (TPSA) is 106 Å². The van der Waals surface area contributed by atoms with Crippen molar-refractivity contribution in [3.05, 3.63) is 47.5 Å². The summed E-state index contributed by atoms with van der Waals surface area (Å²) in [5.41, 5.74) is 0.797. The summed E-state index contributed by atoms with van der Waals surface area (Å²) in [6, 6.07) is 5.10. The van der Waals surface area contributed by atoms with E-state index in [0.717, 1.165) is 48.7 Å². The van der Waals surface area contributed by atoms with Crippen LogP contribution in [0.5, 0.6) is 5.75 Å². The summed E-state index contributed by atoms with van der Waals surface area (Å²) >= 11 is 0. The first kappa shape index (κ1) is 31.1. The Kier molecular flexibility index (Phi) is 9.03. The number of hydrogen-bond donors (Lipinski definition) is 2. The Morgan fingerprint density at radius 3 is 2.62 bits per heavy atom. The van der Waals surface area contributed by atoms with Gasteiger partial charge in [0.05, 0.1) is 36.7 Å². The van der Waals surface area contributed by atoms with E-state index in [1.54, 1.807) is 0 Å². The summed E-state index contributed by atoms with van der Waals surface area (Å²) in [6.45, 7) is 1.51. The summed E-state index contributed by atoms with van der Waals surface area (Å²) in [7, 11) is -0.549. The smallest absolute Gasteiger partial charge is 0.406 e. The standard InChI is InChI=1S/C28H31F4N5O4S/c1-17-10-19(7-9-36(17)2)35-27(38)20-11-18(12-23-26(20)34-16-37(23)15-28(30,31)32)6-5-8-33-22-14-25(42(4,39)40)21(29)13-24(22)41-3/h11-14,16-17,19,33H,7-10,15H2,1-4H3,(H,35,38)/t17-,19-/m0/s1. The van der Waals surface area contributed by atoms with Crippen LogP contribution in [0.3, 0.4) is 0 Å². The minimum absolute atomic E-state index is 0.0555. The highest BCUT2D eigenvalue weighted by atomic mass is 32.2. The van der Waals surface area contributed by atoms with E-state index in [2.05, 4.69) is 39.3 Å². The summed E-state index contributed by atoms with van der Waals surface area (Å²) in [5, 5.41) is 5.86. The predicted octanol–water partition coefficient (Wildman–Crippen LogP) is 3.83. The van der Waals surface area contributed by atoms with Crippen molar-refractivity contribution in [1.29, 1.82) is 0 Å². The zero-order valence-electron chi connectivity index (χ0n) is 23.5. The first-order valence-electron chi connectivity index (χ1n) is 13.0. The van der Waals surface area contributed by atoms with E-state index in [-0.39, 0.29) is 52.2 Å². The summed E-state index contributed by atoms with van der Waals surface area (Å²) in [4.78, 5) is 19.1. The number of anilines is 1. The number of sulfone groups is 1. The number of rotatable bonds is 7. The highest BCUT2D eigenvalue weighted by molar-refractivity contribution is 7.90. The van der Waals surface area contributed by atoms with Gasteiger partial charge in [-0.05, 0) is 45.0 Å². The van der Waals surface area contributed by atoms with Crippen LogP contribution >= 0.6 is 0 Å². The van der Waals surface area contributed by atoms with E-state index in [0.29, 0.717) is 0 Å². The Morgan fingerprint density at radius 1 is 1.24 bits per heavy atom. The van der Waals surface area contributed by atoms with Crippen LogP contribution in [0.1, 0.15) is 35.7 Å². The van der Waals surface area contributed by atoms with Crippen LogP contribution in [0, 0.1) is 17.7 Å². The molecule has 0 saturated carbocycles. The fraction of sp³-hybridized carbons (Fsp3) is 0.429. The lowest BCUT2D eigenvalue weighted by molar-refractivity contribution is -0.139. The van der Waals surface area contributed by atoms with Crippen molar-refractivity contribution in [3.8, 4) is 17.6 Å². The molecule has 1 fully saturated rings. The lowest BCUT2D eigenvalue weighted by Gasteiger charge is -2.35. The molecule has 1 amide bonds. The van der Waals surface area contributed by atoms with Crippen molar-refractivity contribution in [3.63, 3.8) is 0 Å². The second-order valence-corrected chi connectivity index (χ2v) is 12.3. The molecule has 42 heavy (non-hydrogen) atoms. The number of carbonyl (C=O) groups excluding carboxylic acids is 1. The zero-order chi connectivity index (χ0) is 30.8. The number of imidazole rings is 1. The Hall–Kier alpha value is -3.83. The molecule has 0 bridgehead atoms. The highest BCUT2D eigenvalue weighted by Gasteiger charge is 2.30. The van der Waals surface area contributed by atoms with Crippen LogP contribution < -0.4 is 15.4 Å². The van der Waals surface area contributed by atoms with Gasteiger partial charge in [-0.2, -0.15) is 13.2 Å². The van der Waals surface area contributed by atoms with Crippen LogP contribution in [-0.2, 0) is 16.4 Å². The van der Waals surface area contributed by atoms with Crippen LogP contribution in [0.2, 0.25) is 0 Å². The predicted molar refractivity (Wildman–Crippen MR) is 150 cm³/mol. The maximum Gasteiger partial charge on any atom is 0.406 e. The molecule has 2 N–H and O–H groups in total. The maximum absolute atomic E-state index is 14.2. The maximum atomic E-state index is 14.2. The average molecular weight is 610 g/mol. The Morgan fingerprint density at radius 2 is 1.98 bits per heavy atom. The molecule has 226 valence electrons.